The van der Waals surface area contributed by atoms with Crippen molar-refractivity contribution in [3.63, 3.8) is 0 Å². The molecular formula is C22H23ClN2O3. The normalized spacial score (nSPS) is 14.1. The number of nitrogens with zero attached hydrogens (tertiary/aromatic N) is 2. The first-order valence-corrected chi connectivity index (χ1v) is 9.74. The lowest BCUT2D eigenvalue weighted by atomic mass is 10.0. The molecule has 1 fully saturated rings. The molecule has 146 valence electrons. The number of Topliss-reactive ketones (excluding diaryl/α,β-unsaturated/α-hetero) is 1. The minimum atomic E-state index is -0.0571. The third kappa shape index (κ3) is 4.98. The first-order chi connectivity index (χ1) is 13.4. The summed E-state index contributed by atoms with van der Waals surface area (Å²) in [5, 5.41) is 0.590. The molecule has 0 radical (unpaired) electrons. The maximum Gasteiger partial charge on any atom is 0.253 e. The Bertz CT molecular complexity index is 854. The lowest BCUT2D eigenvalue weighted by Gasteiger charge is -2.35. The van der Waals surface area contributed by atoms with Crippen LogP contribution in [0.3, 0.4) is 0 Å². The van der Waals surface area contributed by atoms with Crippen molar-refractivity contribution in [2.24, 2.45) is 0 Å². The van der Waals surface area contributed by atoms with Crippen molar-refractivity contribution in [2.75, 3.05) is 26.2 Å². The molecular weight excluding hydrogens is 376 g/mol. The van der Waals surface area contributed by atoms with Crippen LogP contribution in [-0.4, -0.2) is 53.6 Å². The largest absolute Gasteiger partial charge is 0.339 e. The maximum atomic E-state index is 12.5. The standard InChI is InChI=1S/C22H23ClN2O3/c1-16-2-4-17(5-3-16)20(26)10-11-21(27)24-12-14-25(15-13-24)22(28)18-6-8-19(23)9-7-18/h2-9H,10-15H2,1H3. The molecule has 0 spiro atoms. The van der Waals surface area contributed by atoms with Gasteiger partial charge in [-0.3, -0.25) is 14.4 Å². The maximum absolute atomic E-state index is 12.5. The van der Waals surface area contributed by atoms with Gasteiger partial charge in [0.2, 0.25) is 5.91 Å². The van der Waals surface area contributed by atoms with E-state index in [1.54, 1.807) is 46.2 Å². The minimum Gasteiger partial charge on any atom is -0.339 e. The second kappa shape index (κ2) is 9.02. The van der Waals surface area contributed by atoms with Gasteiger partial charge in [-0.1, -0.05) is 41.4 Å². The SMILES string of the molecule is Cc1ccc(C(=O)CCC(=O)N2CCN(C(=O)c3ccc(Cl)cc3)CC2)cc1. The van der Waals surface area contributed by atoms with Gasteiger partial charge in [0, 0.05) is 55.2 Å². The third-order valence-corrected chi connectivity index (χ3v) is 5.20. The Labute approximate surface area is 169 Å². The van der Waals surface area contributed by atoms with Crippen LogP contribution in [0.25, 0.3) is 0 Å². The number of hydrogen-bond acceptors (Lipinski definition) is 3. The van der Waals surface area contributed by atoms with Gasteiger partial charge in [0.05, 0.1) is 0 Å². The first-order valence-electron chi connectivity index (χ1n) is 9.36. The average molecular weight is 399 g/mol. The average Bonchev–Trinajstić information content (AvgIpc) is 2.72. The number of carbonyl (C=O) groups excluding carboxylic acids is 3. The second-order valence-electron chi connectivity index (χ2n) is 6.97. The summed E-state index contributed by atoms with van der Waals surface area (Å²) < 4.78 is 0. The molecule has 0 atom stereocenters. The summed E-state index contributed by atoms with van der Waals surface area (Å²) in [6.45, 7) is 3.90. The van der Waals surface area contributed by atoms with Crippen LogP contribution in [-0.2, 0) is 4.79 Å². The summed E-state index contributed by atoms with van der Waals surface area (Å²) in [5.41, 5.74) is 2.32. The van der Waals surface area contributed by atoms with Crippen LogP contribution in [0.2, 0.25) is 5.02 Å². The van der Waals surface area contributed by atoms with Crippen molar-refractivity contribution in [1.82, 2.24) is 9.80 Å². The van der Waals surface area contributed by atoms with Gasteiger partial charge in [0.25, 0.3) is 5.91 Å². The van der Waals surface area contributed by atoms with Gasteiger partial charge in [0.1, 0.15) is 0 Å². The highest BCUT2D eigenvalue weighted by Gasteiger charge is 2.25. The molecule has 2 aromatic rings. The van der Waals surface area contributed by atoms with Crippen LogP contribution < -0.4 is 0 Å². The van der Waals surface area contributed by atoms with Gasteiger partial charge in [-0.25, -0.2) is 0 Å². The summed E-state index contributed by atoms with van der Waals surface area (Å²) in [7, 11) is 0. The van der Waals surface area contributed by atoms with E-state index in [2.05, 4.69) is 0 Å². The number of rotatable bonds is 5. The van der Waals surface area contributed by atoms with Crippen molar-refractivity contribution >= 4 is 29.2 Å². The number of benzene rings is 2. The van der Waals surface area contributed by atoms with Crippen LogP contribution in [0.4, 0.5) is 0 Å². The topological polar surface area (TPSA) is 57.7 Å². The van der Waals surface area contributed by atoms with Crippen molar-refractivity contribution in [1.29, 1.82) is 0 Å². The highest BCUT2D eigenvalue weighted by molar-refractivity contribution is 6.30. The Kier molecular flexibility index (Phi) is 6.47. The van der Waals surface area contributed by atoms with Crippen molar-refractivity contribution in [3.8, 4) is 0 Å². The van der Waals surface area contributed by atoms with E-state index in [1.165, 1.54) is 0 Å². The van der Waals surface area contributed by atoms with Crippen LogP contribution in [0.5, 0.6) is 0 Å². The Hall–Kier alpha value is -2.66. The third-order valence-electron chi connectivity index (χ3n) is 4.95. The quantitative estimate of drug-likeness (QED) is 0.723. The van der Waals surface area contributed by atoms with Gasteiger partial charge in [0.15, 0.2) is 5.78 Å². The van der Waals surface area contributed by atoms with Crippen molar-refractivity contribution in [3.05, 3.63) is 70.2 Å². The molecule has 0 saturated carbocycles. The van der Waals surface area contributed by atoms with Gasteiger partial charge in [-0.2, -0.15) is 0 Å². The molecule has 0 N–H and O–H groups in total. The fraction of sp³-hybridized carbons (Fsp3) is 0.318. The van der Waals surface area contributed by atoms with Crippen LogP contribution in [0.15, 0.2) is 48.5 Å². The Morgan fingerprint density at radius 1 is 0.786 bits per heavy atom. The fourth-order valence-electron chi connectivity index (χ4n) is 3.20. The molecule has 5 nitrogen and oxygen atoms in total. The van der Waals surface area contributed by atoms with E-state index in [-0.39, 0.29) is 30.4 Å². The van der Waals surface area contributed by atoms with Gasteiger partial charge in [-0.15, -0.1) is 0 Å². The lowest BCUT2D eigenvalue weighted by Crippen LogP contribution is -2.50. The number of ketones is 1. The second-order valence-corrected chi connectivity index (χ2v) is 7.41. The van der Waals surface area contributed by atoms with E-state index in [4.69, 9.17) is 11.6 Å². The zero-order valence-electron chi connectivity index (χ0n) is 15.9. The van der Waals surface area contributed by atoms with Gasteiger partial charge in [-0.05, 0) is 31.2 Å². The Morgan fingerprint density at radius 3 is 1.93 bits per heavy atom. The van der Waals surface area contributed by atoms with E-state index in [0.29, 0.717) is 42.3 Å². The van der Waals surface area contributed by atoms with E-state index >= 15 is 0 Å². The van der Waals surface area contributed by atoms with Crippen LogP contribution >= 0.6 is 11.6 Å². The van der Waals surface area contributed by atoms with E-state index in [9.17, 15) is 14.4 Å². The number of carbonyl (C=O) groups is 3. The zero-order valence-corrected chi connectivity index (χ0v) is 16.6. The molecule has 28 heavy (non-hydrogen) atoms. The number of piperazine rings is 1. The number of halogens is 1. The molecule has 0 aromatic heterocycles. The molecule has 2 aromatic carbocycles. The number of hydrogen-bond donors (Lipinski definition) is 0. The fourth-order valence-corrected chi connectivity index (χ4v) is 3.32. The summed E-state index contributed by atoms with van der Waals surface area (Å²) >= 11 is 5.86. The highest BCUT2D eigenvalue weighted by Crippen LogP contribution is 2.14. The predicted molar refractivity (Wildman–Crippen MR) is 109 cm³/mol. The molecule has 3 rings (SSSR count). The monoisotopic (exact) mass is 398 g/mol. The zero-order chi connectivity index (χ0) is 20.1. The molecule has 1 aliphatic rings. The smallest absolute Gasteiger partial charge is 0.253 e. The number of aryl methyl sites for hydroxylation is 1. The highest BCUT2D eigenvalue weighted by atomic mass is 35.5. The van der Waals surface area contributed by atoms with Crippen molar-refractivity contribution < 1.29 is 14.4 Å². The van der Waals surface area contributed by atoms with Gasteiger partial charge >= 0.3 is 0 Å². The lowest BCUT2D eigenvalue weighted by molar-refractivity contribution is -0.132. The molecule has 2 amide bonds. The summed E-state index contributed by atoms with van der Waals surface area (Å²) in [6, 6.07) is 14.2. The van der Waals surface area contributed by atoms with E-state index in [0.717, 1.165) is 5.56 Å². The molecule has 1 aliphatic heterocycles. The summed E-state index contributed by atoms with van der Waals surface area (Å²) in [4.78, 5) is 40.6. The van der Waals surface area contributed by atoms with E-state index in [1.807, 2.05) is 19.1 Å². The Balaban J connectivity index is 1.47. The number of amides is 2. The van der Waals surface area contributed by atoms with E-state index < -0.39 is 0 Å². The summed E-state index contributed by atoms with van der Waals surface area (Å²) in [6.07, 6.45) is 0.393. The first kappa shape index (κ1) is 20.1. The Morgan fingerprint density at radius 2 is 1.32 bits per heavy atom. The molecule has 0 unspecified atom stereocenters. The molecule has 1 saturated heterocycles. The van der Waals surface area contributed by atoms with Crippen LogP contribution in [0, 0.1) is 6.92 Å². The van der Waals surface area contributed by atoms with Crippen molar-refractivity contribution in [2.45, 2.75) is 19.8 Å². The van der Waals surface area contributed by atoms with Crippen LogP contribution in [0.1, 0.15) is 39.1 Å². The molecule has 0 bridgehead atoms. The minimum absolute atomic E-state index is 0.0232. The molecule has 1 heterocycles. The summed E-state index contributed by atoms with van der Waals surface area (Å²) in [5.74, 6) is -0.123. The molecule has 0 aliphatic carbocycles. The molecule has 6 heteroatoms. The van der Waals surface area contributed by atoms with Gasteiger partial charge < -0.3 is 9.80 Å². The predicted octanol–water partition coefficient (Wildman–Crippen LogP) is 3.60.